The molecule has 5 atom stereocenters. The second-order valence-corrected chi connectivity index (χ2v) is 16.6. The van der Waals surface area contributed by atoms with Gasteiger partial charge in [-0.1, -0.05) is 77.8 Å². The number of aromatic hydroxyl groups is 1. The number of ketones is 1. The molecular weight excluding hydrogens is 610 g/mol. The highest BCUT2D eigenvalue weighted by molar-refractivity contribution is 6.37. The molecule has 4 aliphatic carbocycles. The Hall–Kier alpha value is -3.63. The van der Waals surface area contributed by atoms with Gasteiger partial charge >= 0.3 is 6.03 Å². The number of nitrogens with two attached hydrogens (primary N) is 1. The van der Waals surface area contributed by atoms with Crippen molar-refractivity contribution in [3.8, 4) is 5.75 Å². The van der Waals surface area contributed by atoms with Gasteiger partial charge in [-0.05, 0) is 84.8 Å². The van der Waals surface area contributed by atoms with E-state index in [0.717, 1.165) is 76.2 Å². The summed E-state index contributed by atoms with van der Waals surface area (Å²) >= 11 is 0. The van der Waals surface area contributed by atoms with E-state index < -0.39 is 52.7 Å². The minimum atomic E-state index is -1.07. The molecule has 0 bridgehead atoms. The molecule has 262 valence electrons. The van der Waals surface area contributed by atoms with E-state index in [1.807, 2.05) is 26.8 Å². The Morgan fingerprint density at radius 2 is 1.65 bits per heavy atom. The van der Waals surface area contributed by atoms with Crippen LogP contribution in [0.1, 0.15) is 103 Å². The Morgan fingerprint density at radius 3 is 2.25 bits per heavy atom. The van der Waals surface area contributed by atoms with Crippen LogP contribution in [0.2, 0.25) is 0 Å². The van der Waals surface area contributed by atoms with Gasteiger partial charge < -0.3 is 31.7 Å². The van der Waals surface area contributed by atoms with E-state index in [4.69, 9.17) is 5.73 Å². The third-order valence-corrected chi connectivity index (χ3v) is 12.1. The Morgan fingerprint density at radius 1 is 0.979 bits per heavy atom. The molecule has 5 fully saturated rings. The van der Waals surface area contributed by atoms with Gasteiger partial charge in [0.25, 0.3) is 5.91 Å². The number of amides is 5. The van der Waals surface area contributed by atoms with Crippen molar-refractivity contribution in [2.45, 2.75) is 128 Å². The topological polar surface area (TPSA) is 171 Å². The van der Waals surface area contributed by atoms with Crippen molar-refractivity contribution in [2.75, 3.05) is 6.54 Å². The molecule has 1 spiro atoms. The maximum atomic E-state index is 14.6. The largest absolute Gasteiger partial charge is 0.508 e. The number of carbonyl (C=O) groups is 5. The van der Waals surface area contributed by atoms with Crippen LogP contribution in [-0.2, 0) is 25.6 Å². The lowest BCUT2D eigenvalue weighted by Crippen LogP contribution is -2.63. The molecule has 0 aromatic heterocycles. The highest BCUT2D eigenvalue weighted by atomic mass is 16.3. The maximum Gasteiger partial charge on any atom is 0.315 e. The molecule has 1 saturated heterocycles. The van der Waals surface area contributed by atoms with E-state index in [0.29, 0.717) is 19.4 Å². The zero-order chi connectivity index (χ0) is 34.4. The lowest BCUT2D eigenvalue weighted by Gasteiger charge is -2.41. The molecule has 1 aliphatic heterocycles. The van der Waals surface area contributed by atoms with Crippen LogP contribution in [0.15, 0.2) is 24.3 Å². The molecule has 4 saturated carbocycles. The summed E-state index contributed by atoms with van der Waals surface area (Å²) in [6, 6.07) is 3.97. The summed E-state index contributed by atoms with van der Waals surface area (Å²) in [6.07, 6.45) is 11.6. The number of hydrogen-bond acceptors (Lipinski definition) is 6. The van der Waals surface area contributed by atoms with Crippen LogP contribution in [0.5, 0.6) is 5.75 Å². The number of phenolic OH excluding ortho intramolecular Hbond substituents is 1. The number of urea groups is 1. The van der Waals surface area contributed by atoms with Crippen LogP contribution >= 0.6 is 0 Å². The predicted octanol–water partition coefficient (Wildman–Crippen LogP) is 3.71. The van der Waals surface area contributed by atoms with Crippen molar-refractivity contribution in [1.82, 2.24) is 20.9 Å². The summed E-state index contributed by atoms with van der Waals surface area (Å²) in [7, 11) is 0. The number of piperidine rings is 1. The second-order valence-electron chi connectivity index (χ2n) is 16.6. The molecule has 1 aromatic rings. The van der Waals surface area contributed by atoms with Crippen LogP contribution in [0, 0.1) is 28.6 Å². The van der Waals surface area contributed by atoms with Crippen LogP contribution in [-0.4, -0.2) is 69.8 Å². The average Bonchev–Trinajstić information content (AvgIpc) is 3.80. The van der Waals surface area contributed by atoms with Crippen LogP contribution in [0.25, 0.3) is 0 Å². The highest BCUT2D eigenvalue weighted by Crippen LogP contribution is 2.72. The Kier molecular flexibility index (Phi) is 9.28. The second kappa shape index (κ2) is 13.0. The number of likely N-dealkylation sites (tertiary alicyclic amines) is 1. The van der Waals surface area contributed by atoms with Crippen molar-refractivity contribution in [1.29, 1.82) is 0 Å². The Bertz CT molecular complexity index is 1440. The fraction of sp³-hybridized carbons (Fsp3) is 0.703. The fourth-order valence-corrected chi connectivity index (χ4v) is 9.43. The summed E-state index contributed by atoms with van der Waals surface area (Å²) < 4.78 is 0. The van der Waals surface area contributed by atoms with Gasteiger partial charge in [-0.15, -0.1) is 0 Å². The average molecular weight is 664 g/mol. The Balaban J connectivity index is 1.21. The Labute approximate surface area is 283 Å². The van der Waals surface area contributed by atoms with E-state index >= 15 is 0 Å². The van der Waals surface area contributed by atoms with Gasteiger partial charge in [0.15, 0.2) is 0 Å². The van der Waals surface area contributed by atoms with Crippen molar-refractivity contribution in [2.24, 2.45) is 34.3 Å². The third kappa shape index (κ3) is 6.92. The molecule has 1 heterocycles. The fourth-order valence-electron chi connectivity index (χ4n) is 9.43. The number of nitrogens with zero attached hydrogens (tertiary/aromatic N) is 1. The number of benzene rings is 1. The molecular formula is C37H53N5O6. The predicted molar refractivity (Wildman–Crippen MR) is 179 cm³/mol. The molecule has 6 rings (SSSR count). The smallest absolute Gasteiger partial charge is 0.315 e. The van der Waals surface area contributed by atoms with Crippen molar-refractivity contribution >= 4 is 29.5 Å². The van der Waals surface area contributed by atoms with Gasteiger partial charge in [0.1, 0.15) is 17.8 Å². The van der Waals surface area contributed by atoms with Gasteiger partial charge in [-0.3, -0.25) is 19.2 Å². The molecule has 11 heteroatoms. The number of nitrogens with one attached hydrogen (secondary N) is 3. The first-order valence-corrected chi connectivity index (χ1v) is 18.0. The molecule has 11 nitrogen and oxygen atoms in total. The van der Waals surface area contributed by atoms with Crippen LogP contribution in [0.3, 0.4) is 0 Å². The van der Waals surface area contributed by atoms with Gasteiger partial charge in [0, 0.05) is 12.1 Å². The number of phenols is 1. The van der Waals surface area contributed by atoms with Gasteiger partial charge in [0.2, 0.25) is 17.6 Å². The van der Waals surface area contributed by atoms with Crippen molar-refractivity contribution < 1.29 is 29.1 Å². The first kappa shape index (κ1) is 34.2. The highest BCUT2D eigenvalue weighted by Gasteiger charge is 2.74. The van der Waals surface area contributed by atoms with E-state index in [2.05, 4.69) is 16.0 Å². The van der Waals surface area contributed by atoms with E-state index in [1.165, 1.54) is 0 Å². The standard InChI is InChI=1S/C37H53N5O6/c1-35(2,3)30(40-34(48)41-36(14-5-4-6-15-36)20-23-10-9-11-24(43)18-23)33(47)42-21-25-27(37(25)16-7-8-17-37)28(42)32(46)39-26(19-22-12-13-22)29(44)31(38)45/h9-11,18,22,25-28,30,43H,4-8,12-17,19-21H2,1-3H3,(H2,38,45)(H,39,46)(H2,40,41,48)/t25-,26?,27-,28-,30+/m0/s1. The van der Waals surface area contributed by atoms with E-state index in [9.17, 15) is 29.1 Å². The molecule has 0 radical (unpaired) electrons. The molecule has 1 unspecified atom stereocenters. The number of rotatable bonds is 11. The molecule has 5 aliphatic rings. The number of primary amides is 1. The van der Waals surface area contributed by atoms with Gasteiger partial charge in [0.05, 0.1) is 6.04 Å². The van der Waals surface area contributed by atoms with E-state index in [-0.39, 0.29) is 34.8 Å². The zero-order valence-corrected chi connectivity index (χ0v) is 28.7. The van der Waals surface area contributed by atoms with E-state index in [1.54, 1.807) is 23.1 Å². The maximum absolute atomic E-state index is 14.6. The van der Waals surface area contributed by atoms with Crippen LogP contribution < -0.4 is 21.7 Å². The summed E-state index contributed by atoms with van der Waals surface area (Å²) in [6.45, 7) is 6.14. The van der Waals surface area contributed by atoms with Gasteiger partial charge in [-0.25, -0.2) is 4.79 Å². The summed E-state index contributed by atoms with van der Waals surface area (Å²) in [5, 5.41) is 19.2. The SMILES string of the molecule is CC(C)(C)[C@H](NC(=O)NC1(Cc2cccc(O)c2)CCCCC1)C(=O)N1C[C@H]2[C@@H]([C@H]1C(=O)NC(CC1CC1)C(=O)C(N)=O)C21CCCC1. The number of hydrogen-bond donors (Lipinski definition) is 5. The molecule has 6 N–H and O–H groups in total. The summed E-state index contributed by atoms with van der Waals surface area (Å²) in [5.41, 5.74) is 5.14. The monoisotopic (exact) mass is 663 g/mol. The zero-order valence-electron chi connectivity index (χ0n) is 28.7. The molecule has 5 amide bonds. The van der Waals surface area contributed by atoms with Gasteiger partial charge in [-0.2, -0.15) is 0 Å². The lowest BCUT2D eigenvalue weighted by molar-refractivity contribution is -0.145. The number of Topliss-reactive ketones (excluding diaryl/α,β-unsaturated/α-hetero) is 1. The minimum Gasteiger partial charge on any atom is -0.508 e. The first-order valence-electron chi connectivity index (χ1n) is 18.0. The first-order chi connectivity index (χ1) is 22.7. The third-order valence-electron chi connectivity index (χ3n) is 12.1. The van der Waals surface area contributed by atoms with Crippen molar-refractivity contribution in [3.05, 3.63) is 29.8 Å². The molecule has 1 aromatic carbocycles. The quantitative estimate of drug-likeness (QED) is 0.226. The number of carbonyl (C=O) groups excluding carboxylic acids is 5. The number of fused-ring (bicyclic) bond motifs is 3. The lowest BCUT2D eigenvalue weighted by atomic mass is 9.77. The van der Waals surface area contributed by atoms with Crippen molar-refractivity contribution in [3.63, 3.8) is 0 Å². The van der Waals surface area contributed by atoms with Crippen LogP contribution in [0.4, 0.5) is 4.79 Å². The summed E-state index contributed by atoms with van der Waals surface area (Å²) in [4.78, 5) is 68.8. The summed E-state index contributed by atoms with van der Waals surface area (Å²) in [5.74, 6) is -1.98. The molecule has 48 heavy (non-hydrogen) atoms. The normalized spacial score (nSPS) is 26.6. The minimum absolute atomic E-state index is 0.0172.